The van der Waals surface area contributed by atoms with Crippen LogP contribution in [0, 0.1) is 0 Å². The monoisotopic (exact) mass is 348 g/mol. The molecule has 1 amide bonds. The normalized spacial score (nSPS) is 21.1. The van der Waals surface area contributed by atoms with E-state index in [0.29, 0.717) is 32.1 Å². The summed E-state index contributed by atoms with van der Waals surface area (Å²) in [5, 5.41) is 2.89. The lowest BCUT2D eigenvalue weighted by Crippen LogP contribution is -2.53. The van der Waals surface area contributed by atoms with Crippen LogP contribution in [0.2, 0.25) is 0 Å². The highest BCUT2D eigenvalue weighted by atomic mass is 32.2. The molecule has 1 aliphatic rings. The summed E-state index contributed by atoms with van der Waals surface area (Å²) in [7, 11) is -1.10. The van der Waals surface area contributed by atoms with E-state index in [9.17, 15) is 13.2 Å². The summed E-state index contributed by atoms with van der Waals surface area (Å²) < 4.78 is 24.8. The summed E-state index contributed by atoms with van der Waals surface area (Å²) in [5.41, 5.74) is 0. The van der Waals surface area contributed by atoms with Crippen LogP contribution in [0.15, 0.2) is 0 Å². The van der Waals surface area contributed by atoms with E-state index in [4.69, 9.17) is 0 Å². The zero-order valence-corrected chi connectivity index (χ0v) is 15.9. The Bertz CT molecular complexity index is 481. The lowest BCUT2D eigenvalue weighted by molar-refractivity contribution is -0.123. The Labute approximate surface area is 141 Å². The number of nitrogens with one attached hydrogen (secondary N) is 1. The molecule has 7 nitrogen and oxygen atoms in total. The Kier molecular flexibility index (Phi) is 7.93. The van der Waals surface area contributed by atoms with Gasteiger partial charge in [-0.2, -0.15) is 4.31 Å². The third-order valence-electron chi connectivity index (χ3n) is 4.19. The fraction of sp³-hybridized carbons (Fsp3) is 0.933. The minimum Gasteiger partial charge on any atom is -0.355 e. The number of hydrogen-bond acceptors (Lipinski definition) is 5. The average Bonchev–Trinajstić information content (AvgIpc) is 2.39. The zero-order chi connectivity index (χ0) is 17.6. The maximum Gasteiger partial charge on any atom is 0.234 e. The molecule has 0 aromatic rings. The van der Waals surface area contributed by atoms with Crippen LogP contribution < -0.4 is 5.32 Å². The van der Waals surface area contributed by atoms with Gasteiger partial charge in [0, 0.05) is 44.8 Å². The number of nitrogens with zero attached hydrogens (tertiary/aromatic N) is 3. The molecule has 0 bridgehead atoms. The molecule has 1 fully saturated rings. The molecule has 23 heavy (non-hydrogen) atoms. The summed E-state index contributed by atoms with van der Waals surface area (Å²) in [4.78, 5) is 16.5. The third kappa shape index (κ3) is 7.15. The predicted molar refractivity (Wildman–Crippen MR) is 92.8 cm³/mol. The third-order valence-corrected chi connectivity index (χ3v) is 5.65. The van der Waals surface area contributed by atoms with Gasteiger partial charge in [-0.15, -0.1) is 0 Å². The van der Waals surface area contributed by atoms with Gasteiger partial charge in [0.2, 0.25) is 15.9 Å². The fourth-order valence-corrected chi connectivity index (χ4v) is 4.15. The summed E-state index contributed by atoms with van der Waals surface area (Å²) in [5.74, 6) is 0.0110. The number of carbonyl (C=O) groups is 1. The lowest BCUT2D eigenvalue weighted by Gasteiger charge is -2.37. The molecule has 1 aliphatic heterocycles. The van der Waals surface area contributed by atoms with Crippen LogP contribution >= 0.6 is 0 Å². The van der Waals surface area contributed by atoms with E-state index < -0.39 is 10.0 Å². The highest BCUT2D eigenvalue weighted by Gasteiger charge is 2.23. The van der Waals surface area contributed by atoms with Gasteiger partial charge in [0.1, 0.15) is 0 Å². The maximum atomic E-state index is 12.0. The van der Waals surface area contributed by atoms with Gasteiger partial charge >= 0.3 is 0 Å². The van der Waals surface area contributed by atoms with Crippen LogP contribution in [-0.4, -0.2) is 93.1 Å². The van der Waals surface area contributed by atoms with Crippen LogP contribution in [0.3, 0.4) is 0 Å². The standard InChI is InChI=1S/C15H32N4O3S/c1-13(2)19(23(5,21)22)8-6-7-16-15(20)12-18-10-9-17(4)11-14(18)3/h13-14H,6-12H2,1-5H3,(H,16,20)/t14-/m0/s1. The molecule has 0 aliphatic carbocycles. The van der Waals surface area contributed by atoms with Crippen molar-refractivity contribution in [1.29, 1.82) is 0 Å². The first-order valence-electron chi connectivity index (χ1n) is 8.27. The molecule has 1 atom stereocenters. The minimum absolute atomic E-state index is 0.0110. The van der Waals surface area contributed by atoms with E-state index in [2.05, 4.69) is 29.1 Å². The number of piperazine rings is 1. The summed E-state index contributed by atoms with van der Waals surface area (Å²) in [6.45, 7) is 10.1. The molecule has 8 heteroatoms. The molecule has 0 aromatic heterocycles. The Balaban J connectivity index is 2.29. The van der Waals surface area contributed by atoms with Gasteiger partial charge in [-0.05, 0) is 34.2 Å². The Hall–Kier alpha value is -0.700. The first kappa shape index (κ1) is 20.3. The topological polar surface area (TPSA) is 73.0 Å². The van der Waals surface area contributed by atoms with Gasteiger partial charge in [-0.3, -0.25) is 9.69 Å². The van der Waals surface area contributed by atoms with E-state index >= 15 is 0 Å². The Morgan fingerprint density at radius 2 is 2.00 bits per heavy atom. The van der Waals surface area contributed by atoms with Crippen molar-refractivity contribution in [3.05, 3.63) is 0 Å². The van der Waals surface area contributed by atoms with Gasteiger partial charge in [-0.25, -0.2) is 8.42 Å². The summed E-state index contributed by atoms with van der Waals surface area (Å²) >= 11 is 0. The molecule has 1 saturated heterocycles. The fourth-order valence-electron chi connectivity index (χ4n) is 2.92. The molecule has 0 radical (unpaired) electrons. The molecule has 0 unspecified atom stereocenters. The highest BCUT2D eigenvalue weighted by molar-refractivity contribution is 7.88. The minimum atomic E-state index is -3.19. The maximum absolute atomic E-state index is 12.0. The number of carbonyl (C=O) groups excluding carboxylic acids is 1. The van der Waals surface area contributed by atoms with Gasteiger partial charge in [0.05, 0.1) is 12.8 Å². The summed E-state index contributed by atoms with van der Waals surface area (Å²) in [6.07, 6.45) is 1.84. The first-order chi connectivity index (χ1) is 10.6. The van der Waals surface area contributed by atoms with E-state index in [1.165, 1.54) is 10.6 Å². The van der Waals surface area contributed by atoms with E-state index in [1.54, 1.807) is 0 Å². The van der Waals surface area contributed by atoms with Crippen molar-refractivity contribution in [2.45, 2.75) is 39.3 Å². The number of rotatable bonds is 8. The van der Waals surface area contributed by atoms with Crippen molar-refractivity contribution in [3.63, 3.8) is 0 Å². The van der Waals surface area contributed by atoms with Crippen molar-refractivity contribution in [1.82, 2.24) is 19.4 Å². The van der Waals surface area contributed by atoms with E-state index in [1.807, 2.05) is 13.8 Å². The van der Waals surface area contributed by atoms with Crippen LogP contribution in [-0.2, 0) is 14.8 Å². The van der Waals surface area contributed by atoms with Gasteiger partial charge in [0.25, 0.3) is 0 Å². The molecular formula is C15H32N4O3S. The number of likely N-dealkylation sites (N-methyl/N-ethyl adjacent to an activating group) is 1. The zero-order valence-electron chi connectivity index (χ0n) is 15.1. The second-order valence-corrected chi connectivity index (χ2v) is 8.69. The second kappa shape index (κ2) is 8.96. The number of amides is 1. The lowest BCUT2D eigenvalue weighted by atomic mass is 10.2. The number of hydrogen-bond donors (Lipinski definition) is 1. The number of sulfonamides is 1. The van der Waals surface area contributed by atoms with Crippen LogP contribution in [0.25, 0.3) is 0 Å². The smallest absolute Gasteiger partial charge is 0.234 e. The van der Waals surface area contributed by atoms with Crippen LogP contribution in [0.1, 0.15) is 27.2 Å². The Morgan fingerprint density at radius 1 is 1.35 bits per heavy atom. The average molecular weight is 349 g/mol. The van der Waals surface area contributed by atoms with Gasteiger partial charge in [0.15, 0.2) is 0 Å². The van der Waals surface area contributed by atoms with Gasteiger partial charge < -0.3 is 10.2 Å². The molecule has 1 rings (SSSR count). The molecular weight excluding hydrogens is 316 g/mol. The molecule has 136 valence electrons. The van der Waals surface area contributed by atoms with Crippen molar-refractivity contribution < 1.29 is 13.2 Å². The van der Waals surface area contributed by atoms with E-state index in [0.717, 1.165) is 19.6 Å². The first-order valence-corrected chi connectivity index (χ1v) is 10.1. The predicted octanol–water partition coefficient (Wildman–Crippen LogP) is -0.201. The van der Waals surface area contributed by atoms with Crippen molar-refractivity contribution >= 4 is 15.9 Å². The molecule has 0 spiro atoms. The van der Waals surface area contributed by atoms with E-state index in [-0.39, 0.29) is 11.9 Å². The summed E-state index contributed by atoms with van der Waals surface area (Å²) in [6, 6.07) is 0.313. The molecule has 1 heterocycles. The van der Waals surface area contributed by atoms with Crippen LogP contribution in [0.5, 0.6) is 0 Å². The molecule has 0 aromatic carbocycles. The SMILES string of the molecule is CC(C)N(CCCNC(=O)CN1CCN(C)C[C@@H]1C)S(C)(=O)=O. The second-order valence-electron chi connectivity index (χ2n) is 6.75. The van der Waals surface area contributed by atoms with Crippen LogP contribution in [0.4, 0.5) is 0 Å². The van der Waals surface area contributed by atoms with Crippen molar-refractivity contribution in [2.24, 2.45) is 0 Å². The Morgan fingerprint density at radius 3 is 2.52 bits per heavy atom. The highest BCUT2D eigenvalue weighted by Crippen LogP contribution is 2.07. The van der Waals surface area contributed by atoms with Gasteiger partial charge in [-0.1, -0.05) is 0 Å². The quantitative estimate of drug-likeness (QED) is 0.615. The molecule has 0 saturated carbocycles. The largest absolute Gasteiger partial charge is 0.355 e. The van der Waals surface area contributed by atoms with Crippen molar-refractivity contribution in [3.8, 4) is 0 Å². The molecule has 1 N–H and O–H groups in total. The van der Waals surface area contributed by atoms with Crippen molar-refractivity contribution in [2.75, 3.05) is 52.6 Å².